The highest BCUT2D eigenvalue weighted by molar-refractivity contribution is 9.09. The molecule has 0 radical (unpaired) electrons. The Morgan fingerprint density at radius 1 is 1.32 bits per heavy atom. The molecule has 0 aliphatic carbocycles. The summed E-state index contributed by atoms with van der Waals surface area (Å²) in [5, 5.41) is 2.72. The molecule has 1 aliphatic rings. The molecule has 104 valence electrons. The predicted octanol–water partition coefficient (Wildman–Crippen LogP) is 4.58. The first-order valence-electron chi connectivity index (χ1n) is 6.73. The van der Waals surface area contributed by atoms with Gasteiger partial charge in [0.05, 0.1) is 0 Å². The summed E-state index contributed by atoms with van der Waals surface area (Å²) in [5.74, 6) is 0.335. The first-order chi connectivity index (χ1) is 8.97. The Morgan fingerprint density at radius 2 is 2.05 bits per heavy atom. The lowest BCUT2D eigenvalue weighted by atomic mass is 9.96. The highest BCUT2D eigenvalue weighted by atomic mass is 79.9. The molecule has 1 heterocycles. The molecule has 1 aromatic carbocycles. The van der Waals surface area contributed by atoms with Gasteiger partial charge < -0.3 is 5.32 Å². The van der Waals surface area contributed by atoms with Crippen LogP contribution in [0.15, 0.2) is 12.1 Å². The van der Waals surface area contributed by atoms with E-state index < -0.39 is 0 Å². The lowest BCUT2D eigenvalue weighted by Crippen LogP contribution is -2.19. The van der Waals surface area contributed by atoms with Gasteiger partial charge in [-0.25, -0.2) is 4.39 Å². The van der Waals surface area contributed by atoms with Gasteiger partial charge in [-0.1, -0.05) is 29.8 Å². The zero-order valence-corrected chi connectivity index (χ0v) is 12.9. The Balaban J connectivity index is 2.20. The zero-order valence-electron chi connectivity index (χ0n) is 11.3. The summed E-state index contributed by atoms with van der Waals surface area (Å²) in [6.07, 6.45) is 3.15. The molecule has 1 aliphatic heterocycles. The van der Waals surface area contributed by atoms with Gasteiger partial charge in [-0.15, -0.1) is 0 Å². The molecule has 1 aromatic rings. The maximum atomic E-state index is 14.1. The summed E-state index contributed by atoms with van der Waals surface area (Å²) < 4.78 is 14.1. The second-order valence-corrected chi connectivity index (χ2v) is 6.62. The molecule has 2 nitrogen and oxygen atoms in total. The van der Waals surface area contributed by atoms with Crippen LogP contribution < -0.4 is 5.32 Å². The molecule has 19 heavy (non-hydrogen) atoms. The third-order valence-corrected chi connectivity index (χ3v) is 4.40. The van der Waals surface area contributed by atoms with Crippen LogP contribution in [0.25, 0.3) is 0 Å². The minimum Gasteiger partial charge on any atom is -0.326 e. The first-order valence-corrected chi connectivity index (χ1v) is 7.65. The third kappa shape index (κ3) is 3.56. The van der Waals surface area contributed by atoms with Gasteiger partial charge in [-0.3, -0.25) is 4.79 Å². The number of carbonyl (C=O) groups excluding carboxylic acids is 1. The van der Waals surface area contributed by atoms with E-state index in [9.17, 15) is 9.18 Å². The summed E-state index contributed by atoms with van der Waals surface area (Å²) in [4.78, 5) is 11.3. The van der Waals surface area contributed by atoms with Gasteiger partial charge in [0.15, 0.2) is 0 Å². The van der Waals surface area contributed by atoms with E-state index in [1.54, 1.807) is 0 Å². The van der Waals surface area contributed by atoms with E-state index in [2.05, 4.69) is 35.1 Å². The number of hydrogen-bond donors (Lipinski definition) is 1. The van der Waals surface area contributed by atoms with Crippen molar-refractivity contribution in [2.24, 2.45) is 5.92 Å². The van der Waals surface area contributed by atoms with Crippen LogP contribution in [0.2, 0.25) is 0 Å². The third-order valence-electron chi connectivity index (χ3n) is 3.45. The van der Waals surface area contributed by atoms with Gasteiger partial charge in [-0.2, -0.15) is 0 Å². The van der Waals surface area contributed by atoms with Crippen molar-refractivity contribution in [3.63, 3.8) is 0 Å². The maximum absolute atomic E-state index is 14.1. The first kappa shape index (κ1) is 14.5. The smallest absolute Gasteiger partial charge is 0.224 e. The van der Waals surface area contributed by atoms with Gasteiger partial charge in [0.2, 0.25) is 5.91 Å². The fourth-order valence-electron chi connectivity index (χ4n) is 2.30. The fraction of sp³-hybridized carbons (Fsp3) is 0.533. The SMILES string of the molecule is CC(C)CCC(Br)c1cc2c(cc1F)NC(=O)CC2. The standard InChI is InChI=1S/C15H19BrFNO/c1-9(2)3-5-12(16)11-7-10-4-6-15(19)18-14(10)8-13(11)17/h7-9,12H,3-6H2,1-2H3,(H,18,19). The molecule has 0 saturated carbocycles. The average Bonchev–Trinajstić information content (AvgIpc) is 2.35. The van der Waals surface area contributed by atoms with Gasteiger partial charge >= 0.3 is 0 Å². The monoisotopic (exact) mass is 327 g/mol. The molecule has 0 bridgehead atoms. The number of rotatable bonds is 4. The lowest BCUT2D eigenvalue weighted by Gasteiger charge is -2.20. The van der Waals surface area contributed by atoms with Crippen molar-refractivity contribution in [3.05, 3.63) is 29.1 Å². The molecule has 1 amide bonds. The number of fused-ring (bicyclic) bond motifs is 1. The lowest BCUT2D eigenvalue weighted by molar-refractivity contribution is -0.116. The largest absolute Gasteiger partial charge is 0.326 e. The Kier molecular flexibility index (Phi) is 4.61. The number of hydrogen-bond acceptors (Lipinski definition) is 1. The number of anilines is 1. The van der Waals surface area contributed by atoms with Crippen molar-refractivity contribution < 1.29 is 9.18 Å². The summed E-state index contributed by atoms with van der Waals surface area (Å²) in [7, 11) is 0. The number of aryl methyl sites for hydroxylation is 1. The van der Waals surface area contributed by atoms with E-state index in [1.165, 1.54) is 6.07 Å². The van der Waals surface area contributed by atoms with E-state index >= 15 is 0 Å². The number of benzene rings is 1. The second kappa shape index (κ2) is 6.04. The van der Waals surface area contributed by atoms with Crippen molar-refractivity contribution >= 4 is 27.5 Å². The molecule has 0 saturated heterocycles. The normalized spacial score (nSPS) is 16.2. The molecular formula is C15H19BrFNO. The van der Waals surface area contributed by atoms with Crippen LogP contribution in [0.5, 0.6) is 0 Å². The number of halogens is 2. The van der Waals surface area contributed by atoms with E-state index in [0.29, 0.717) is 30.0 Å². The van der Waals surface area contributed by atoms with E-state index in [0.717, 1.165) is 18.4 Å². The molecule has 0 aromatic heterocycles. The van der Waals surface area contributed by atoms with Gasteiger partial charge in [0, 0.05) is 22.5 Å². The van der Waals surface area contributed by atoms with Crippen LogP contribution in [0.1, 0.15) is 49.1 Å². The number of nitrogens with one attached hydrogen (secondary N) is 1. The Labute approximate surface area is 121 Å². The molecule has 1 unspecified atom stereocenters. The van der Waals surface area contributed by atoms with Crippen LogP contribution in [0, 0.1) is 11.7 Å². The van der Waals surface area contributed by atoms with Crippen molar-refractivity contribution in [2.75, 3.05) is 5.32 Å². The topological polar surface area (TPSA) is 29.1 Å². The van der Waals surface area contributed by atoms with Gasteiger partial charge in [-0.05, 0) is 42.9 Å². The minimum absolute atomic E-state index is 0.0325. The summed E-state index contributed by atoms with van der Waals surface area (Å²) in [5.41, 5.74) is 2.36. The van der Waals surface area contributed by atoms with Crippen LogP contribution in [-0.4, -0.2) is 5.91 Å². The van der Waals surface area contributed by atoms with Crippen LogP contribution in [0.3, 0.4) is 0 Å². The van der Waals surface area contributed by atoms with Crippen molar-refractivity contribution in [2.45, 2.75) is 44.4 Å². The number of carbonyl (C=O) groups is 1. The van der Waals surface area contributed by atoms with Gasteiger partial charge in [0.1, 0.15) is 5.82 Å². The number of alkyl halides is 1. The molecule has 2 rings (SSSR count). The van der Waals surface area contributed by atoms with Crippen molar-refractivity contribution in [1.29, 1.82) is 0 Å². The summed E-state index contributed by atoms with van der Waals surface area (Å²) in [6.45, 7) is 4.33. The Bertz CT molecular complexity index is 487. The predicted molar refractivity (Wildman–Crippen MR) is 79.1 cm³/mol. The van der Waals surface area contributed by atoms with E-state index in [4.69, 9.17) is 0 Å². The Hall–Kier alpha value is -0.900. The average molecular weight is 328 g/mol. The second-order valence-electron chi connectivity index (χ2n) is 5.52. The van der Waals surface area contributed by atoms with Crippen LogP contribution >= 0.6 is 15.9 Å². The maximum Gasteiger partial charge on any atom is 0.224 e. The van der Waals surface area contributed by atoms with Gasteiger partial charge in [0.25, 0.3) is 0 Å². The zero-order chi connectivity index (χ0) is 14.0. The fourth-order valence-corrected chi connectivity index (χ4v) is 2.91. The van der Waals surface area contributed by atoms with Crippen molar-refractivity contribution in [1.82, 2.24) is 0 Å². The molecular weight excluding hydrogens is 309 g/mol. The molecule has 1 N–H and O–H groups in total. The molecule has 4 heteroatoms. The molecule has 0 spiro atoms. The van der Waals surface area contributed by atoms with Crippen LogP contribution in [0.4, 0.5) is 10.1 Å². The van der Waals surface area contributed by atoms with Crippen molar-refractivity contribution in [3.8, 4) is 0 Å². The van der Waals surface area contributed by atoms with E-state index in [-0.39, 0.29) is 16.6 Å². The summed E-state index contributed by atoms with van der Waals surface area (Å²) in [6, 6.07) is 3.34. The Morgan fingerprint density at radius 3 is 2.74 bits per heavy atom. The molecule has 0 fully saturated rings. The van der Waals surface area contributed by atoms with E-state index in [1.807, 2.05) is 6.07 Å². The number of amides is 1. The highest BCUT2D eigenvalue weighted by Crippen LogP contribution is 2.35. The quantitative estimate of drug-likeness (QED) is 0.805. The molecule has 1 atom stereocenters. The highest BCUT2D eigenvalue weighted by Gasteiger charge is 2.20. The summed E-state index contributed by atoms with van der Waals surface area (Å²) >= 11 is 3.58. The minimum atomic E-state index is -0.244. The van der Waals surface area contributed by atoms with Crippen LogP contribution in [-0.2, 0) is 11.2 Å².